The predicted octanol–water partition coefficient (Wildman–Crippen LogP) is 7.16. The molecule has 298 valence electrons. The van der Waals surface area contributed by atoms with Gasteiger partial charge in [0.25, 0.3) is 0 Å². The van der Waals surface area contributed by atoms with Crippen molar-refractivity contribution in [2.75, 3.05) is 19.8 Å². The summed E-state index contributed by atoms with van der Waals surface area (Å²) in [6.07, 6.45) is 9.97. The fourth-order valence-corrected chi connectivity index (χ4v) is 7.97. The summed E-state index contributed by atoms with van der Waals surface area (Å²) in [6.45, 7) is 7.36. The Morgan fingerprint density at radius 2 is 1.45 bits per heavy atom. The number of rotatable bonds is 21. The number of esters is 1. The van der Waals surface area contributed by atoms with Gasteiger partial charge in [-0.2, -0.15) is 0 Å². The fourth-order valence-electron chi connectivity index (χ4n) is 7.97. The number of allylic oxidation sites excluding steroid dienone is 2. The normalized spacial score (nSPS) is 15.9. The van der Waals surface area contributed by atoms with E-state index >= 15 is 0 Å². The molecule has 0 aliphatic heterocycles. The lowest BCUT2D eigenvalue weighted by molar-refractivity contribution is -0.148. The molecule has 0 radical (unpaired) electrons. The number of nitrogens with one attached hydrogen (secondary N) is 3. The second-order valence-electron chi connectivity index (χ2n) is 15.0. The van der Waals surface area contributed by atoms with E-state index in [1.807, 2.05) is 66.7 Å². The van der Waals surface area contributed by atoms with Crippen molar-refractivity contribution in [1.82, 2.24) is 16.0 Å². The maximum atomic E-state index is 13.8. The minimum Gasteiger partial charge on any atom is -0.462 e. The average molecular weight is 764 g/mol. The molecule has 0 unspecified atom stereocenters. The third-order valence-electron chi connectivity index (χ3n) is 10.9. The summed E-state index contributed by atoms with van der Waals surface area (Å²) < 4.78 is 11.6. The second-order valence-corrected chi connectivity index (χ2v) is 15.0. The summed E-state index contributed by atoms with van der Waals surface area (Å²) in [6, 6.07) is 23.8. The summed E-state index contributed by atoms with van der Waals surface area (Å²) in [5, 5.41) is 18.6. The number of carbonyl (C=O) groups is 4. The first-order valence-corrected chi connectivity index (χ1v) is 20.0. The van der Waals surface area contributed by atoms with Crippen molar-refractivity contribution in [2.45, 2.75) is 94.7 Å². The van der Waals surface area contributed by atoms with Gasteiger partial charge in [-0.3, -0.25) is 9.59 Å². The van der Waals surface area contributed by atoms with Crippen LogP contribution in [0.15, 0.2) is 104 Å². The lowest BCUT2D eigenvalue weighted by Crippen LogP contribution is -2.47. The van der Waals surface area contributed by atoms with Crippen molar-refractivity contribution in [2.24, 2.45) is 11.8 Å². The van der Waals surface area contributed by atoms with Crippen LogP contribution in [-0.4, -0.2) is 66.9 Å². The first kappa shape index (κ1) is 41.9. The zero-order valence-electron chi connectivity index (χ0n) is 32.3. The Morgan fingerprint density at radius 3 is 2.09 bits per heavy atom. The first-order valence-electron chi connectivity index (χ1n) is 20.0. The van der Waals surface area contributed by atoms with Crippen LogP contribution in [0.3, 0.4) is 0 Å². The van der Waals surface area contributed by atoms with E-state index in [1.165, 1.54) is 6.42 Å². The van der Waals surface area contributed by atoms with Crippen LogP contribution in [0.2, 0.25) is 0 Å². The lowest BCUT2D eigenvalue weighted by atomic mass is 9.84. The van der Waals surface area contributed by atoms with Crippen molar-refractivity contribution in [1.29, 1.82) is 0 Å². The zero-order chi connectivity index (χ0) is 39.7. The highest BCUT2D eigenvalue weighted by Gasteiger charge is 2.31. The number of carbonyl (C=O) groups excluding carboxylic acids is 4. The molecule has 0 spiro atoms. The maximum absolute atomic E-state index is 13.8. The van der Waals surface area contributed by atoms with Crippen molar-refractivity contribution < 1.29 is 33.8 Å². The average Bonchev–Trinajstić information content (AvgIpc) is 3.54. The minimum atomic E-state index is -0.984. The molecule has 1 fully saturated rings. The highest BCUT2D eigenvalue weighted by molar-refractivity contribution is 5.86. The number of alkyl carbamates (subject to hydrolysis) is 1. The van der Waals surface area contributed by atoms with E-state index in [4.69, 9.17) is 9.47 Å². The van der Waals surface area contributed by atoms with Crippen LogP contribution in [0.1, 0.15) is 86.8 Å². The largest absolute Gasteiger partial charge is 0.462 e. The molecule has 0 heterocycles. The van der Waals surface area contributed by atoms with Crippen LogP contribution in [0.25, 0.3) is 11.1 Å². The number of aliphatic hydroxyl groups excluding tert-OH is 1. The lowest BCUT2D eigenvalue weighted by Gasteiger charge is -2.29. The molecule has 1 saturated carbocycles. The van der Waals surface area contributed by atoms with Gasteiger partial charge < -0.3 is 30.5 Å². The molecule has 0 bridgehead atoms. The number of benzene rings is 3. The standard InChI is InChI=1S/C46H57N3O7/c1-3-5-25-42(49-46(54)56-31-41-39-23-14-12-21-37(39)38-22-13-15-24-40(38)41)45(53)55-30-36(27-33-19-10-7-11-20-33)48-44(52)34(16-4-2)28-43(51)47-35(29-50)26-32-17-8-6-9-18-32/h3-4,6,8-9,12-15,17-18,21-24,33-36,41-42,50H,1-2,5,7,10-11,16,19-20,25-31H2,(H,47,51)(H,48,52)(H,49,54)/t34-,35+,36+,42+/m1/s1. The first-order chi connectivity index (χ1) is 27.3. The molecule has 5 rings (SSSR count). The van der Waals surface area contributed by atoms with E-state index in [0.717, 1.165) is 53.5 Å². The maximum Gasteiger partial charge on any atom is 0.407 e. The van der Waals surface area contributed by atoms with Gasteiger partial charge in [-0.05, 0) is 65.8 Å². The third kappa shape index (κ3) is 12.1. The van der Waals surface area contributed by atoms with Gasteiger partial charge in [0, 0.05) is 12.3 Å². The molecule has 3 aromatic carbocycles. The van der Waals surface area contributed by atoms with Crippen molar-refractivity contribution in [3.05, 3.63) is 121 Å². The molecule has 4 N–H and O–H groups in total. The van der Waals surface area contributed by atoms with Crippen molar-refractivity contribution >= 4 is 23.9 Å². The van der Waals surface area contributed by atoms with E-state index in [-0.39, 0.29) is 56.8 Å². The summed E-state index contributed by atoms with van der Waals surface area (Å²) in [7, 11) is 0. The SMILES string of the molecule is C=CCC[C@H](NC(=O)OCC1c2ccccc2-c2ccccc21)C(=O)OC[C@H](CC1CCCCC1)NC(=O)[C@H](CC=C)CC(=O)N[C@H](CO)Cc1ccccc1. The van der Waals surface area contributed by atoms with Gasteiger partial charge in [0.1, 0.15) is 19.3 Å². The van der Waals surface area contributed by atoms with E-state index in [9.17, 15) is 24.3 Å². The number of hydrogen-bond donors (Lipinski definition) is 4. The van der Waals surface area contributed by atoms with Gasteiger partial charge in [0.2, 0.25) is 11.8 Å². The number of ether oxygens (including phenoxy) is 2. The summed E-state index contributed by atoms with van der Waals surface area (Å²) in [5.41, 5.74) is 5.39. The Kier molecular flexibility index (Phi) is 16.3. The number of hydrogen-bond acceptors (Lipinski definition) is 7. The third-order valence-corrected chi connectivity index (χ3v) is 10.9. The van der Waals surface area contributed by atoms with Gasteiger partial charge in [0.15, 0.2) is 0 Å². The topological polar surface area (TPSA) is 143 Å². The molecule has 0 saturated heterocycles. The Morgan fingerprint density at radius 1 is 0.786 bits per heavy atom. The molecule has 2 aliphatic rings. The highest BCUT2D eigenvalue weighted by Crippen LogP contribution is 2.44. The van der Waals surface area contributed by atoms with Crippen LogP contribution >= 0.6 is 0 Å². The van der Waals surface area contributed by atoms with Crippen molar-refractivity contribution in [3.8, 4) is 11.1 Å². The van der Waals surface area contributed by atoms with Crippen LogP contribution in [0.4, 0.5) is 4.79 Å². The van der Waals surface area contributed by atoms with E-state index in [0.29, 0.717) is 25.2 Å². The van der Waals surface area contributed by atoms with Crippen LogP contribution in [0, 0.1) is 11.8 Å². The van der Waals surface area contributed by atoms with E-state index < -0.39 is 36.1 Å². The Labute approximate surface area is 331 Å². The molecular formula is C46H57N3O7. The second kappa shape index (κ2) is 21.8. The number of amides is 3. The van der Waals surface area contributed by atoms with Crippen LogP contribution in [-0.2, 0) is 30.3 Å². The smallest absolute Gasteiger partial charge is 0.407 e. The quantitative estimate of drug-likeness (QED) is 0.0666. The Bertz CT molecular complexity index is 1730. The van der Waals surface area contributed by atoms with Gasteiger partial charge in [-0.1, -0.05) is 123 Å². The summed E-state index contributed by atoms with van der Waals surface area (Å²) >= 11 is 0. The molecule has 4 atom stereocenters. The zero-order valence-corrected chi connectivity index (χ0v) is 32.3. The van der Waals surface area contributed by atoms with Gasteiger partial charge >= 0.3 is 12.1 Å². The molecule has 3 amide bonds. The number of fused-ring (bicyclic) bond motifs is 3. The predicted molar refractivity (Wildman–Crippen MR) is 218 cm³/mol. The minimum absolute atomic E-state index is 0.0886. The van der Waals surface area contributed by atoms with Gasteiger partial charge in [0.05, 0.1) is 24.6 Å². The van der Waals surface area contributed by atoms with Crippen LogP contribution in [0.5, 0.6) is 0 Å². The van der Waals surface area contributed by atoms with E-state index in [1.54, 1.807) is 12.2 Å². The molecule has 3 aromatic rings. The molecular weight excluding hydrogens is 707 g/mol. The monoisotopic (exact) mass is 763 g/mol. The van der Waals surface area contributed by atoms with Gasteiger partial charge in [-0.25, -0.2) is 9.59 Å². The molecule has 0 aromatic heterocycles. The molecule has 10 heteroatoms. The molecule has 2 aliphatic carbocycles. The Hall–Kier alpha value is -5.22. The molecule has 10 nitrogen and oxygen atoms in total. The highest BCUT2D eigenvalue weighted by atomic mass is 16.6. The number of aliphatic hydroxyl groups is 1. The summed E-state index contributed by atoms with van der Waals surface area (Å²) in [4.78, 5) is 53.6. The van der Waals surface area contributed by atoms with Crippen molar-refractivity contribution in [3.63, 3.8) is 0 Å². The summed E-state index contributed by atoms with van der Waals surface area (Å²) in [5.74, 6) is -1.78. The fraction of sp³-hybridized carbons (Fsp3) is 0.435. The molecule has 56 heavy (non-hydrogen) atoms. The Balaban J connectivity index is 1.19. The van der Waals surface area contributed by atoms with Crippen LogP contribution < -0.4 is 16.0 Å². The van der Waals surface area contributed by atoms with E-state index in [2.05, 4.69) is 41.2 Å². The van der Waals surface area contributed by atoms with Gasteiger partial charge in [-0.15, -0.1) is 13.2 Å².